The minimum atomic E-state index is -1.18. The lowest BCUT2D eigenvalue weighted by Gasteiger charge is -2.11. The van der Waals surface area contributed by atoms with Crippen LogP contribution < -0.4 is 5.32 Å². The van der Waals surface area contributed by atoms with Crippen LogP contribution in [0.1, 0.15) is 6.42 Å². The molecule has 98 valence electrons. The lowest BCUT2D eigenvalue weighted by molar-refractivity contribution is -0.386. The van der Waals surface area contributed by atoms with Crippen molar-refractivity contribution < 1.29 is 18.4 Å². The van der Waals surface area contributed by atoms with E-state index in [-0.39, 0.29) is 11.6 Å². The Morgan fingerprint density at radius 1 is 1.50 bits per heavy atom. The Balaban J connectivity index is 2.16. The number of nitro benzene ring substituents is 1. The molecule has 1 unspecified atom stereocenters. The fraction of sp³-hybridized carbons (Fsp3) is 0.455. The zero-order chi connectivity index (χ0) is 13.1. The minimum Gasteiger partial charge on any atom is -0.381 e. The van der Waals surface area contributed by atoms with Gasteiger partial charge in [-0.1, -0.05) is 0 Å². The Hall–Kier alpha value is -1.76. The second kappa shape index (κ2) is 5.26. The number of nitrogens with zero attached hydrogens (tertiary/aromatic N) is 1. The zero-order valence-electron chi connectivity index (χ0n) is 9.49. The largest absolute Gasteiger partial charge is 0.381 e. The summed E-state index contributed by atoms with van der Waals surface area (Å²) >= 11 is 0. The van der Waals surface area contributed by atoms with Crippen molar-refractivity contribution in [1.29, 1.82) is 0 Å². The van der Waals surface area contributed by atoms with Gasteiger partial charge >= 0.3 is 5.69 Å². The third kappa shape index (κ3) is 2.73. The van der Waals surface area contributed by atoms with Crippen molar-refractivity contribution in [3.05, 3.63) is 33.9 Å². The lowest BCUT2D eigenvalue weighted by atomic mass is 10.1. The summed E-state index contributed by atoms with van der Waals surface area (Å²) < 4.78 is 31.5. The van der Waals surface area contributed by atoms with Gasteiger partial charge in [-0.3, -0.25) is 10.1 Å². The van der Waals surface area contributed by atoms with Gasteiger partial charge in [0.25, 0.3) is 0 Å². The summed E-state index contributed by atoms with van der Waals surface area (Å²) in [6.45, 7) is 1.59. The number of ether oxygens (including phenoxy) is 1. The van der Waals surface area contributed by atoms with Gasteiger partial charge in [0.1, 0.15) is 11.5 Å². The van der Waals surface area contributed by atoms with E-state index in [9.17, 15) is 18.9 Å². The van der Waals surface area contributed by atoms with Crippen LogP contribution in [0.4, 0.5) is 20.2 Å². The maximum absolute atomic E-state index is 13.3. The van der Waals surface area contributed by atoms with E-state index < -0.39 is 22.2 Å². The lowest BCUT2D eigenvalue weighted by Crippen LogP contribution is -2.15. The van der Waals surface area contributed by atoms with E-state index in [1.165, 1.54) is 0 Å². The van der Waals surface area contributed by atoms with Crippen molar-refractivity contribution in [2.45, 2.75) is 6.42 Å². The maximum Gasteiger partial charge on any atom is 0.327 e. The fourth-order valence-corrected chi connectivity index (χ4v) is 1.88. The third-order valence-electron chi connectivity index (χ3n) is 2.82. The Bertz CT molecular complexity index is 462. The fourth-order valence-electron chi connectivity index (χ4n) is 1.88. The number of halogens is 2. The first-order chi connectivity index (χ1) is 8.58. The molecule has 0 aliphatic carbocycles. The Kier molecular flexibility index (Phi) is 3.71. The number of benzene rings is 1. The second-order valence-corrected chi connectivity index (χ2v) is 4.15. The van der Waals surface area contributed by atoms with Crippen molar-refractivity contribution in [3.63, 3.8) is 0 Å². The van der Waals surface area contributed by atoms with Gasteiger partial charge < -0.3 is 10.1 Å². The molecule has 0 amide bonds. The van der Waals surface area contributed by atoms with Crippen molar-refractivity contribution in [1.82, 2.24) is 0 Å². The van der Waals surface area contributed by atoms with Crippen LogP contribution in [-0.4, -0.2) is 24.7 Å². The molecule has 0 spiro atoms. The van der Waals surface area contributed by atoms with Crippen LogP contribution in [0.25, 0.3) is 0 Å². The first-order valence-electron chi connectivity index (χ1n) is 5.53. The summed E-state index contributed by atoms with van der Waals surface area (Å²) in [6, 6.07) is 1.43. The number of nitro groups is 1. The van der Waals surface area contributed by atoms with Gasteiger partial charge in [0.05, 0.1) is 11.5 Å². The predicted octanol–water partition coefficient (Wildman–Crippen LogP) is 2.32. The molecule has 1 atom stereocenters. The van der Waals surface area contributed by atoms with Gasteiger partial charge in [-0.05, 0) is 6.42 Å². The van der Waals surface area contributed by atoms with Crippen LogP contribution in [-0.2, 0) is 4.74 Å². The van der Waals surface area contributed by atoms with Crippen LogP contribution >= 0.6 is 0 Å². The highest BCUT2D eigenvalue weighted by atomic mass is 19.1. The molecular formula is C11H12F2N2O3. The van der Waals surface area contributed by atoms with Gasteiger partial charge in [-0.15, -0.1) is 0 Å². The van der Waals surface area contributed by atoms with Crippen molar-refractivity contribution in [2.75, 3.05) is 25.1 Å². The van der Waals surface area contributed by atoms with E-state index in [2.05, 4.69) is 5.32 Å². The highest BCUT2D eigenvalue weighted by molar-refractivity contribution is 5.62. The number of anilines is 1. The molecule has 1 heterocycles. The van der Waals surface area contributed by atoms with Crippen LogP contribution in [0, 0.1) is 27.7 Å². The number of hydrogen-bond acceptors (Lipinski definition) is 4. The molecule has 1 fully saturated rings. The Labute approximate surface area is 102 Å². The number of rotatable bonds is 4. The van der Waals surface area contributed by atoms with Crippen LogP contribution in [0.5, 0.6) is 0 Å². The minimum absolute atomic E-state index is 0.135. The van der Waals surface area contributed by atoms with E-state index in [1.54, 1.807) is 0 Å². The van der Waals surface area contributed by atoms with Crippen molar-refractivity contribution >= 4 is 11.4 Å². The van der Waals surface area contributed by atoms with E-state index in [1.807, 2.05) is 0 Å². The Morgan fingerprint density at radius 3 is 2.89 bits per heavy atom. The monoisotopic (exact) mass is 258 g/mol. The van der Waals surface area contributed by atoms with Crippen molar-refractivity contribution in [2.24, 2.45) is 5.92 Å². The first kappa shape index (κ1) is 12.7. The average molecular weight is 258 g/mol. The SMILES string of the molecule is O=[N+]([O-])c1c(F)cc(F)cc1NCC1CCOC1. The molecule has 0 saturated carbocycles. The molecule has 0 bridgehead atoms. The molecule has 0 radical (unpaired) electrons. The summed E-state index contributed by atoms with van der Waals surface area (Å²) in [5.74, 6) is -1.82. The topological polar surface area (TPSA) is 64.4 Å². The molecule has 1 aliphatic heterocycles. The molecule has 1 aromatic rings. The molecule has 0 aromatic heterocycles. The van der Waals surface area contributed by atoms with Gasteiger partial charge in [0.15, 0.2) is 0 Å². The van der Waals surface area contributed by atoms with Gasteiger partial charge in [-0.25, -0.2) is 4.39 Å². The van der Waals surface area contributed by atoms with Crippen LogP contribution in [0.15, 0.2) is 12.1 Å². The standard InChI is InChI=1S/C11H12F2N2O3/c12-8-3-9(13)11(15(16)17)10(4-8)14-5-7-1-2-18-6-7/h3-4,7,14H,1-2,5-6H2. The van der Waals surface area contributed by atoms with Gasteiger partial charge in [0, 0.05) is 31.2 Å². The van der Waals surface area contributed by atoms with Crippen LogP contribution in [0.3, 0.4) is 0 Å². The van der Waals surface area contributed by atoms with E-state index in [0.29, 0.717) is 25.8 Å². The van der Waals surface area contributed by atoms with E-state index in [0.717, 1.165) is 12.5 Å². The van der Waals surface area contributed by atoms with E-state index >= 15 is 0 Å². The summed E-state index contributed by atoms with van der Waals surface area (Å²) in [5, 5.41) is 13.4. The maximum atomic E-state index is 13.3. The second-order valence-electron chi connectivity index (χ2n) is 4.15. The van der Waals surface area contributed by atoms with Crippen molar-refractivity contribution in [3.8, 4) is 0 Å². The van der Waals surface area contributed by atoms with Gasteiger partial charge in [0.2, 0.25) is 5.82 Å². The highest BCUT2D eigenvalue weighted by Crippen LogP contribution is 2.29. The third-order valence-corrected chi connectivity index (χ3v) is 2.82. The number of nitrogens with one attached hydrogen (secondary N) is 1. The molecule has 18 heavy (non-hydrogen) atoms. The molecule has 1 saturated heterocycles. The smallest absolute Gasteiger partial charge is 0.327 e. The average Bonchev–Trinajstić information content (AvgIpc) is 2.77. The van der Waals surface area contributed by atoms with Crippen LogP contribution in [0.2, 0.25) is 0 Å². The Morgan fingerprint density at radius 2 is 2.28 bits per heavy atom. The molecule has 5 nitrogen and oxygen atoms in total. The summed E-state index contributed by atoms with van der Waals surface area (Å²) in [5.41, 5.74) is -0.861. The molecule has 1 aliphatic rings. The summed E-state index contributed by atoms with van der Waals surface area (Å²) in [6.07, 6.45) is 0.832. The van der Waals surface area contributed by atoms with Gasteiger partial charge in [-0.2, -0.15) is 4.39 Å². The first-order valence-corrected chi connectivity index (χ1v) is 5.53. The summed E-state index contributed by atoms with van der Waals surface area (Å²) in [4.78, 5) is 9.87. The highest BCUT2D eigenvalue weighted by Gasteiger charge is 2.23. The molecule has 7 heteroatoms. The quantitative estimate of drug-likeness (QED) is 0.665. The number of hydrogen-bond donors (Lipinski definition) is 1. The molecular weight excluding hydrogens is 246 g/mol. The normalized spacial score (nSPS) is 18.9. The summed E-state index contributed by atoms with van der Waals surface area (Å²) in [7, 11) is 0. The molecule has 1 aromatic carbocycles. The predicted molar refractivity (Wildman–Crippen MR) is 60.4 cm³/mol. The zero-order valence-corrected chi connectivity index (χ0v) is 9.49. The van der Waals surface area contributed by atoms with E-state index in [4.69, 9.17) is 4.74 Å². The molecule has 2 rings (SSSR count). The molecule has 1 N–H and O–H groups in total.